The van der Waals surface area contributed by atoms with Gasteiger partial charge in [0.2, 0.25) is 0 Å². The lowest BCUT2D eigenvalue weighted by Gasteiger charge is -2.21. The average molecular weight is 1270 g/mol. The lowest BCUT2D eigenvalue weighted by Crippen LogP contribution is -2.30. The number of esters is 4. The van der Waals surface area contributed by atoms with Gasteiger partial charge in [0.15, 0.2) is 12.2 Å². The third-order valence-electron chi connectivity index (χ3n) is 15.5. The molecule has 0 aliphatic rings. The van der Waals surface area contributed by atoms with Crippen LogP contribution in [0.1, 0.15) is 337 Å². The SMILES string of the molecule is CCCCCCCCCCCCCCCC(=O)O[C@H](COC(=O)CCCCCCCCCCCC(C)C)COP(=O)(O)OC[C@@H](O)COP(=O)(O)OC[C@@H](COC(=O)CCCCCCCCCCCC)OC(=O)CCCCCCCCCCC(C)C. The highest BCUT2D eigenvalue weighted by atomic mass is 31.2. The molecule has 0 radical (unpaired) electrons. The van der Waals surface area contributed by atoms with Crippen LogP contribution in [0.5, 0.6) is 0 Å². The molecular weight excluding hydrogens is 1140 g/mol. The van der Waals surface area contributed by atoms with Crippen molar-refractivity contribution in [1.82, 2.24) is 0 Å². The monoisotopic (exact) mass is 1270 g/mol. The van der Waals surface area contributed by atoms with E-state index < -0.39 is 97.5 Å². The maximum absolute atomic E-state index is 13.0. The molecule has 0 heterocycles. The number of aliphatic hydroxyl groups is 1. The van der Waals surface area contributed by atoms with Gasteiger partial charge >= 0.3 is 39.5 Å². The van der Waals surface area contributed by atoms with Crippen LogP contribution in [0.2, 0.25) is 0 Å². The molecular formula is C67H130O17P2. The second-order valence-corrected chi connectivity index (χ2v) is 28.1. The maximum Gasteiger partial charge on any atom is 0.472 e. The lowest BCUT2D eigenvalue weighted by atomic mass is 10.0. The van der Waals surface area contributed by atoms with Gasteiger partial charge in [-0.2, -0.15) is 0 Å². The highest BCUT2D eigenvalue weighted by molar-refractivity contribution is 7.47. The molecule has 510 valence electrons. The van der Waals surface area contributed by atoms with Gasteiger partial charge in [-0.05, 0) is 37.5 Å². The number of ether oxygens (including phenoxy) is 4. The first-order valence-electron chi connectivity index (χ1n) is 35.0. The predicted molar refractivity (Wildman–Crippen MR) is 345 cm³/mol. The lowest BCUT2D eigenvalue weighted by molar-refractivity contribution is -0.161. The summed E-state index contributed by atoms with van der Waals surface area (Å²) in [5.74, 6) is -0.667. The maximum atomic E-state index is 13.0. The van der Waals surface area contributed by atoms with Crippen LogP contribution in [0, 0.1) is 11.8 Å². The molecule has 0 saturated carbocycles. The molecule has 17 nitrogen and oxygen atoms in total. The summed E-state index contributed by atoms with van der Waals surface area (Å²) in [6, 6.07) is 0. The number of carbonyl (C=O) groups excluding carboxylic acids is 4. The number of aliphatic hydroxyl groups excluding tert-OH is 1. The fourth-order valence-corrected chi connectivity index (χ4v) is 11.6. The number of hydrogen-bond acceptors (Lipinski definition) is 15. The van der Waals surface area contributed by atoms with Crippen molar-refractivity contribution < 1.29 is 80.2 Å². The molecule has 0 fully saturated rings. The van der Waals surface area contributed by atoms with Gasteiger partial charge < -0.3 is 33.8 Å². The van der Waals surface area contributed by atoms with Crippen molar-refractivity contribution in [2.75, 3.05) is 39.6 Å². The van der Waals surface area contributed by atoms with E-state index in [0.29, 0.717) is 25.7 Å². The van der Waals surface area contributed by atoms with Gasteiger partial charge in [-0.15, -0.1) is 0 Å². The number of rotatable bonds is 66. The topological polar surface area (TPSA) is 237 Å². The van der Waals surface area contributed by atoms with E-state index in [4.69, 9.17) is 37.0 Å². The smallest absolute Gasteiger partial charge is 0.462 e. The third kappa shape index (κ3) is 60.9. The summed E-state index contributed by atoms with van der Waals surface area (Å²) < 4.78 is 68.1. The van der Waals surface area contributed by atoms with Gasteiger partial charge in [0.05, 0.1) is 26.4 Å². The van der Waals surface area contributed by atoms with Crippen molar-refractivity contribution in [3.8, 4) is 0 Å². The van der Waals surface area contributed by atoms with E-state index in [1.807, 2.05) is 0 Å². The highest BCUT2D eigenvalue weighted by Gasteiger charge is 2.30. The molecule has 0 aliphatic carbocycles. The van der Waals surface area contributed by atoms with Crippen LogP contribution in [0.25, 0.3) is 0 Å². The molecule has 86 heavy (non-hydrogen) atoms. The number of hydrogen-bond donors (Lipinski definition) is 3. The van der Waals surface area contributed by atoms with Crippen molar-refractivity contribution >= 4 is 39.5 Å². The van der Waals surface area contributed by atoms with Crippen molar-refractivity contribution in [1.29, 1.82) is 0 Å². The summed E-state index contributed by atoms with van der Waals surface area (Å²) in [4.78, 5) is 72.4. The van der Waals surface area contributed by atoms with E-state index in [0.717, 1.165) is 102 Å². The molecule has 0 bridgehead atoms. The van der Waals surface area contributed by atoms with E-state index in [2.05, 4.69) is 41.5 Å². The molecule has 0 rings (SSSR count). The Balaban J connectivity index is 5.25. The second-order valence-electron chi connectivity index (χ2n) is 25.2. The van der Waals surface area contributed by atoms with Crippen LogP contribution in [0.3, 0.4) is 0 Å². The fourth-order valence-electron chi connectivity index (χ4n) is 10.1. The van der Waals surface area contributed by atoms with Crippen molar-refractivity contribution in [3.63, 3.8) is 0 Å². The first-order valence-corrected chi connectivity index (χ1v) is 38.0. The zero-order chi connectivity index (χ0) is 63.6. The molecule has 0 aromatic rings. The minimum atomic E-state index is -4.95. The van der Waals surface area contributed by atoms with Crippen molar-refractivity contribution in [2.45, 2.75) is 355 Å². The molecule has 0 saturated heterocycles. The molecule has 0 aliphatic heterocycles. The summed E-state index contributed by atoms with van der Waals surface area (Å²) >= 11 is 0. The Morgan fingerprint density at radius 3 is 0.791 bits per heavy atom. The predicted octanol–water partition coefficient (Wildman–Crippen LogP) is 18.8. The quantitative estimate of drug-likeness (QED) is 0.0222. The fraction of sp³-hybridized carbons (Fsp3) is 0.940. The zero-order valence-electron chi connectivity index (χ0n) is 55.6. The molecule has 0 aromatic carbocycles. The molecule has 0 amide bonds. The summed E-state index contributed by atoms with van der Waals surface area (Å²) in [6.45, 7) is 9.46. The molecule has 0 spiro atoms. The molecule has 3 N–H and O–H groups in total. The van der Waals surface area contributed by atoms with Gasteiger partial charge in [-0.25, -0.2) is 9.13 Å². The standard InChI is InChI=1S/C67H130O17P2/c1-7-9-11-13-15-17-19-20-21-25-33-39-45-51-66(71)83-62(55-78-65(70)50-44-38-32-26-22-23-29-35-41-47-59(3)4)57-81-85(73,74)79-53-61(68)54-80-86(75,76)82-58-63(56-77-64(69)49-43-37-31-24-18-16-14-12-10-8-2)84-67(72)52-46-40-34-28-27-30-36-42-48-60(5)6/h59-63,68H,7-58H2,1-6H3,(H,73,74)(H,75,76)/t61-,62-,63-/m1/s1. The second kappa shape index (κ2) is 59.4. The van der Waals surface area contributed by atoms with E-state index in [1.165, 1.54) is 154 Å². The number of phosphoric ester groups is 2. The highest BCUT2D eigenvalue weighted by Crippen LogP contribution is 2.45. The van der Waals surface area contributed by atoms with Gasteiger partial charge in [0.25, 0.3) is 0 Å². The van der Waals surface area contributed by atoms with Crippen molar-refractivity contribution in [3.05, 3.63) is 0 Å². The van der Waals surface area contributed by atoms with E-state index in [-0.39, 0.29) is 25.7 Å². The Bertz CT molecular complexity index is 1680. The van der Waals surface area contributed by atoms with Crippen LogP contribution < -0.4 is 0 Å². The normalized spacial score (nSPS) is 14.2. The summed E-state index contributed by atoms with van der Waals surface area (Å²) in [5, 5.41) is 10.6. The Hall–Kier alpha value is -1.94. The first-order chi connectivity index (χ1) is 41.4. The van der Waals surface area contributed by atoms with E-state index >= 15 is 0 Å². The average Bonchev–Trinajstić information content (AvgIpc) is 3.64. The van der Waals surface area contributed by atoms with Gasteiger partial charge in [-0.1, -0.05) is 286 Å². The third-order valence-corrected chi connectivity index (χ3v) is 17.4. The first kappa shape index (κ1) is 84.1. The summed E-state index contributed by atoms with van der Waals surface area (Å²) in [5.41, 5.74) is 0. The number of phosphoric acid groups is 2. The van der Waals surface area contributed by atoms with Crippen molar-refractivity contribution in [2.24, 2.45) is 11.8 Å². The number of carbonyl (C=O) groups is 4. The minimum Gasteiger partial charge on any atom is -0.462 e. The summed E-state index contributed by atoms with van der Waals surface area (Å²) in [7, 11) is -9.89. The Morgan fingerprint density at radius 1 is 0.314 bits per heavy atom. The van der Waals surface area contributed by atoms with E-state index in [9.17, 15) is 43.2 Å². The Labute approximate surface area is 524 Å². The molecule has 0 aromatic heterocycles. The molecule has 2 unspecified atom stereocenters. The van der Waals surface area contributed by atoms with Crippen LogP contribution in [-0.4, -0.2) is 96.7 Å². The van der Waals surface area contributed by atoms with Gasteiger partial charge in [0.1, 0.15) is 19.3 Å². The largest absolute Gasteiger partial charge is 0.472 e. The van der Waals surface area contributed by atoms with Gasteiger partial charge in [0, 0.05) is 25.7 Å². The van der Waals surface area contributed by atoms with Crippen LogP contribution in [0.15, 0.2) is 0 Å². The van der Waals surface area contributed by atoms with Gasteiger partial charge in [-0.3, -0.25) is 37.3 Å². The zero-order valence-corrected chi connectivity index (χ0v) is 57.4. The molecule has 19 heteroatoms. The molecule has 5 atom stereocenters. The van der Waals surface area contributed by atoms with E-state index in [1.54, 1.807) is 0 Å². The Kier molecular flexibility index (Phi) is 58.0. The number of unbranched alkanes of at least 4 members (excludes halogenated alkanes) is 36. The summed E-state index contributed by atoms with van der Waals surface area (Å²) in [6.07, 6.45) is 43.0. The van der Waals surface area contributed by atoms with Crippen LogP contribution in [-0.2, 0) is 65.4 Å². The van der Waals surface area contributed by atoms with Crippen LogP contribution in [0.4, 0.5) is 0 Å². The van der Waals surface area contributed by atoms with Crippen LogP contribution >= 0.6 is 15.6 Å². The Morgan fingerprint density at radius 2 is 0.535 bits per heavy atom. The minimum absolute atomic E-state index is 0.104.